The highest BCUT2D eigenvalue weighted by molar-refractivity contribution is 9.10. The number of ether oxygens (including phenoxy) is 4. The van der Waals surface area contributed by atoms with Crippen LogP contribution < -0.4 is 29.6 Å². The fourth-order valence-corrected chi connectivity index (χ4v) is 9.43. The molecule has 16 heteroatoms. The monoisotopic (exact) mass is 976 g/mol. The molecule has 2 aromatic carbocycles. The van der Waals surface area contributed by atoms with Crippen molar-refractivity contribution in [3.05, 3.63) is 150 Å². The van der Waals surface area contributed by atoms with Crippen molar-refractivity contribution in [3.8, 4) is 46.8 Å². The molecule has 2 N–H and O–H groups in total. The van der Waals surface area contributed by atoms with Gasteiger partial charge in [0.15, 0.2) is 0 Å². The molecule has 10 rings (SSSR count). The van der Waals surface area contributed by atoms with E-state index in [4.69, 9.17) is 28.9 Å². The minimum absolute atomic E-state index is 0.168. The molecule has 0 saturated carbocycles. The Morgan fingerprint density at radius 1 is 0.594 bits per heavy atom. The Labute approximate surface area is 385 Å². The van der Waals surface area contributed by atoms with Crippen molar-refractivity contribution in [2.45, 2.75) is 51.1 Å². The second kappa shape index (κ2) is 18.1. The van der Waals surface area contributed by atoms with Crippen LogP contribution >= 0.6 is 31.9 Å². The zero-order chi connectivity index (χ0) is 43.6. The van der Waals surface area contributed by atoms with Gasteiger partial charge in [-0.25, -0.2) is 0 Å². The SMILES string of the molecule is N#Cc1cncc(COc2nc(OC3CCc4c(-c5cccc6c5CC[C@@H]6Oc5nc(OCc6cncc(C#N)c6)c(C6=NCCN6)cc5Br)cccc43)c(Br)cc2C2=NCCN2)c1. The first-order valence-corrected chi connectivity index (χ1v) is 22.5. The summed E-state index contributed by atoms with van der Waals surface area (Å²) in [6, 6.07) is 24.5. The number of benzene rings is 2. The van der Waals surface area contributed by atoms with Crippen LogP contribution in [-0.4, -0.2) is 57.8 Å². The summed E-state index contributed by atoms with van der Waals surface area (Å²) in [5.41, 5.74) is 11.0. The number of hydrogen-bond acceptors (Lipinski definition) is 14. The van der Waals surface area contributed by atoms with Crippen LogP contribution in [-0.2, 0) is 26.1 Å². The van der Waals surface area contributed by atoms with E-state index in [-0.39, 0.29) is 25.4 Å². The first-order valence-electron chi connectivity index (χ1n) is 20.9. The highest BCUT2D eigenvalue weighted by Crippen LogP contribution is 2.46. The molecule has 0 fully saturated rings. The molecule has 1 unspecified atom stereocenters. The van der Waals surface area contributed by atoms with Crippen LogP contribution in [0.3, 0.4) is 0 Å². The van der Waals surface area contributed by atoms with Gasteiger partial charge in [0.25, 0.3) is 0 Å². The molecule has 14 nitrogen and oxygen atoms in total. The molecule has 0 saturated heterocycles. The number of nitrogens with one attached hydrogen (secondary N) is 2. The van der Waals surface area contributed by atoms with E-state index in [2.05, 4.69) is 111 Å². The average molecular weight is 979 g/mol. The van der Waals surface area contributed by atoms with E-state index in [1.54, 1.807) is 24.5 Å². The molecule has 0 radical (unpaired) electrons. The number of fused-ring (bicyclic) bond motifs is 2. The third-order valence-electron chi connectivity index (χ3n) is 11.5. The van der Waals surface area contributed by atoms with Gasteiger partial charge in [-0.15, -0.1) is 0 Å². The van der Waals surface area contributed by atoms with Gasteiger partial charge in [-0.2, -0.15) is 20.5 Å². The van der Waals surface area contributed by atoms with Crippen molar-refractivity contribution in [2.24, 2.45) is 9.98 Å². The van der Waals surface area contributed by atoms with E-state index >= 15 is 0 Å². The quantitative estimate of drug-likeness (QED) is 0.113. The Bertz CT molecular complexity index is 2770. The van der Waals surface area contributed by atoms with Gasteiger partial charge in [0.1, 0.15) is 49.2 Å². The molecule has 0 amide bonds. The van der Waals surface area contributed by atoms with Gasteiger partial charge in [-0.1, -0.05) is 36.4 Å². The Hall–Kier alpha value is -6.88. The number of halogens is 2. The second-order valence-corrected chi connectivity index (χ2v) is 17.3. The Morgan fingerprint density at radius 3 is 1.48 bits per heavy atom. The third-order valence-corrected chi connectivity index (χ3v) is 12.6. The molecule has 6 aromatic rings. The van der Waals surface area contributed by atoms with Crippen molar-refractivity contribution in [1.29, 1.82) is 10.5 Å². The molecule has 2 aliphatic carbocycles. The maximum Gasteiger partial charge on any atom is 0.231 e. The average Bonchev–Trinajstić information content (AvgIpc) is 4.18. The van der Waals surface area contributed by atoms with Crippen molar-refractivity contribution < 1.29 is 18.9 Å². The first-order chi connectivity index (χ1) is 31.4. The summed E-state index contributed by atoms with van der Waals surface area (Å²) < 4.78 is 27.4. The normalized spacial score (nSPS) is 16.9. The predicted octanol–water partition coefficient (Wildman–Crippen LogP) is 8.19. The molecular weight excluding hydrogens is 940 g/mol. The maximum atomic E-state index is 9.38. The van der Waals surface area contributed by atoms with Gasteiger partial charge in [0, 0.05) is 49.0 Å². The molecule has 2 atom stereocenters. The molecule has 2 aliphatic heterocycles. The van der Waals surface area contributed by atoms with E-state index in [1.165, 1.54) is 34.6 Å². The molecular formula is C48H38Br2N10O4. The molecule has 0 bridgehead atoms. The van der Waals surface area contributed by atoms with Crippen LogP contribution in [0.1, 0.15) is 80.7 Å². The lowest BCUT2D eigenvalue weighted by Crippen LogP contribution is -2.21. The predicted molar refractivity (Wildman–Crippen MR) is 245 cm³/mol. The van der Waals surface area contributed by atoms with Crippen LogP contribution in [0, 0.1) is 22.7 Å². The number of nitrogens with zero attached hydrogens (tertiary/aromatic N) is 8. The smallest absolute Gasteiger partial charge is 0.231 e. The fraction of sp³-hybridized carbons (Fsp3) is 0.250. The number of nitriles is 2. The minimum atomic E-state index is -0.233. The highest BCUT2D eigenvalue weighted by atomic mass is 79.9. The number of rotatable bonds is 13. The van der Waals surface area contributed by atoms with Crippen LogP contribution in [0.2, 0.25) is 0 Å². The number of hydrogen-bond donors (Lipinski definition) is 2. The highest BCUT2D eigenvalue weighted by Gasteiger charge is 2.33. The molecule has 318 valence electrons. The van der Waals surface area contributed by atoms with Crippen LogP contribution in [0.5, 0.6) is 23.5 Å². The summed E-state index contributed by atoms with van der Waals surface area (Å²) in [5.74, 6) is 3.00. The van der Waals surface area contributed by atoms with Gasteiger partial charge in [-0.05, 0) is 115 Å². The standard InChI is InChI=1S/C48H38Br2N10O4/c49-39-17-37(43-55-11-12-56-43)45(61-25-29-15-27(19-51)21-53-23-29)59-47(39)63-41-9-7-33-31(3-1-5-35(33)41)32-4-2-6-36-34(32)8-10-42(36)64-48-40(50)18-38(44-57-13-14-58-44)46(60-48)62-26-30-16-28(20-52)22-54-24-30/h1-6,15-18,21-24,41-42H,7-14,25-26H2,(H,55,56)(H,57,58)/t41-,42?/m0/s1. The van der Waals surface area contributed by atoms with E-state index in [0.29, 0.717) is 68.4 Å². The molecule has 6 heterocycles. The Kier molecular flexibility index (Phi) is 11.6. The third kappa shape index (κ3) is 8.34. The van der Waals surface area contributed by atoms with Crippen LogP contribution in [0.4, 0.5) is 0 Å². The molecule has 4 aliphatic rings. The molecule has 64 heavy (non-hydrogen) atoms. The van der Waals surface area contributed by atoms with Crippen molar-refractivity contribution in [1.82, 2.24) is 30.6 Å². The van der Waals surface area contributed by atoms with Gasteiger partial charge in [0.05, 0.1) is 44.3 Å². The Balaban J connectivity index is 0.900. The lowest BCUT2D eigenvalue weighted by molar-refractivity contribution is 0.192. The summed E-state index contributed by atoms with van der Waals surface area (Å²) in [7, 11) is 0. The van der Waals surface area contributed by atoms with Gasteiger partial charge < -0.3 is 29.6 Å². The summed E-state index contributed by atoms with van der Waals surface area (Å²) in [4.78, 5) is 27.4. The van der Waals surface area contributed by atoms with Crippen molar-refractivity contribution in [2.75, 3.05) is 26.2 Å². The fourth-order valence-electron chi connectivity index (χ4n) is 8.60. The number of aromatic nitrogens is 4. The van der Waals surface area contributed by atoms with Gasteiger partial charge in [-0.3, -0.25) is 20.0 Å². The number of aliphatic imine (C=N–C) groups is 2. The summed E-state index contributed by atoms with van der Waals surface area (Å²) in [5, 5.41) is 25.4. The second-order valence-electron chi connectivity index (χ2n) is 15.6. The van der Waals surface area contributed by atoms with Crippen molar-refractivity contribution >= 4 is 43.5 Å². The summed E-state index contributed by atoms with van der Waals surface area (Å²) >= 11 is 7.47. The maximum absolute atomic E-state index is 9.38. The largest absolute Gasteiger partial charge is 0.472 e. The van der Waals surface area contributed by atoms with Crippen LogP contribution in [0.15, 0.2) is 104 Å². The van der Waals surface area contributed by atoms with E-state index in [0.717, 1.165) is 72.2 Å². The van der Waals surface area contributed by atoms with E-state index in [1.807, 2.05) is 12.1 Å². The molecule has 0 spiro atoms. The zero-order valence-electron chi connectivity index (χ0n) is 34.3. The Morgan fingerprint density at radius 2 is 1.06 bits per heavy atom. The lowest BCUT2D eigenvalue weighted by Gasteiger charge is -2.19. The van der Waals surface area contributed by atoms with E-state index in [9.17, 15) is 10.5 Å². The van der Waals surface area contributed by atoms with Gasteiger partial charge >= 0.3 is 0 Å². The minimum Gasteiger partial charge on any atom is -0.472 e. The number of pyridine rings is 4. The number of amidine groups is 2. The zero-order valence-corrected chi connectivity index (χ0v) is 37.4. The summed E-state index contributed by atoms with van der Waals surface area (Å²) in [6.45, 7) is 3.11. The van der Waals surface area contributed by atoms with E-state index < -0.39 is 0 Å². The van der Waals surface area contributed by atoms with Gasteiger partial charge in [0.2, 0.25) is 23.5 Å². The van der Waals surface area contributed by atoms with Crippen molar-refractivity contribution in [3.63, 3.8) is 0 Å². The van der Waals surface area contributed by atoms with Crippen LogP contribution in [0.25, 0.3) is 11.1 Å². The molecule has 4 aromatic heterocycles. The first kappa shape index (κ1) is 41.1. The topological polar surface area (TPSA) is 185 Å². The summed E-state index contributed by atoms with van der Waals surface area (Å²) in [6.07, 6.45) is 9.17. The lowest BCUT2D eigenvalue weighted by atomic mass is 9.91.